The molecule has 68 valence electrons. The van der Waals surface area contributed by atoms with Crippen molar-refractivity contribution in [3.05, 3.63) is 0 Å². The molecule has 0 aliphatic carbocycles. The van der Waals surface area contributed by atoms with Crippen LogP contribution in [0.3, 0.4) is 0 Å². The van der Waals surface area contributed by atoms with E-state index in [0.29, 0.717) is 0 Å². The summed E-state index contributed by atoms with van der Waals surface area (Å²) in [6, 6.07) is 0. The summed E-state index contributed by atoms with van der Waals surface area (Å²) in [6.07, 6.45) is 0. The Kier molecular flexibility index (Phi) is 4.24. The van der Waals surface area contributed by atoms with Gasteiger partial charge in [-0.25, -0.2) is 10.2 Å². The molecule has 0 atom stereocenters. The summed E-state index contributed by atoms with van der Waals surface area (Å²) < 4.78 is 40.7. The summed E-state index contributed by atoms with van der Waals surface area (Å²) in [5, 5.41) is 3.79. The first-order chi connectivity index (χ1) is 6.54. The summed E-state index contributed by atoms with van der Waals surface area (Å²) >= 11 is 11.2. The molecule has 0 aromatic rings. The van der Waals surface area contributed by atoms with Gasteiger partial charge in [0.2, 0.25) is 0 Å². The maximum absolute atomic E-state index is 11.6. The highest BCUT2D eigenvalue weighted by Crippen LogP contribution is 2.41. The second-order valence-corrected chi connectivity index (χ2v) is 5.44. The Labute approximate surface area is 93.8 Å². The minimum atomic E-state index is -3.81. The Morgan fingerprint density at radius 3 is 2.00 bits per heavy atom. The van der Waals surface area contributed by atoms with Gasteiger partial charge < -0.3 is 0 Å². The van der Waals surface area contributed by atoms with Crippen molar-refractivity contribution in [2.24, 2.45) is 0 Å². The molecule has 0 bridgehead atoms. The van der Waals surface area contributed by atoms with Crippen LogP contribution in [0.5, 0.6) is 0 Å². The normalized spacial score (nSPS) is 19.9. The molecule has 0 saturated carbocycles. The lowest BCUT2D eigenvalue weighted by atomic mass is 10.8. The van der Waals surface area contributed by atoms with Crippen LogP contribution in [0, 0.1) is 0 Å². The van der Waals surface area contributed by atoms with Crippen LogP contribution in [0.2, 0.25) is 0 Å². The van der Waals surface area contributed by atoms with Crippen molar-refractivity contribution in [1.29, 1.82) is 0 Å². The van der Waals surface area contributed by atoms with E-state index in [1.165, 1.54) is 0 Å². The zero-order chi connectivity index (χ0) is 12.3. The predicted octanol–water partition coefficient (Wildman–Crippen LogP) is 2.30. The molecule has 0 aliphatic rings. The van der Waals surface area contributed by atoms with Gasteiger partial charge in [-0.1, -0.05) is 31.9 Å². The Morgan fingerprint density at radius 1 is 1.36 bits per heavy atom. The lowest BCUT2D eigenvalue weighted by Gasteiger charge is -2.11. The average Bonchev–Trinajstić information content (AvgIpc) is 2.00. The van der Waals surface area contributed by atoms with Gasteiger partial charge in [0.05, 0.1) is 0 Å². The van der Waals surface area contributed by atoms with E-state index in [4.69, 9.17) is 16.7 Å². The van der Waals surface area contributed by atoms with E-state index in [0.717, 1.165) is 0 Å². The number of halogens is 3. The van der Waals surface area contributed by atoms with E-state index in [9.17, 15) is 4.57 Å². The molecular formula is C4H10Br2ClN2OP. The van der Waals surface area contributed by atoms with Crippen molar-refractivity contribution in [1.82, 2.24) is 10.2 Å². The monoisotopic (exact) mass is 330 g/mol. The van der Waals surface area contributed by atoms with Crippen LogP contribution < -0.4 is 10.2 Å². The average molecular weight is 332 g/mol. The van der Waals surface area contributed by atoms with Crippen LogP contribution in [0.15, 0.2) is 0 Å². The molecule has 0 spiro atoms. The van der Waals surface area contributed by atoms with Gasteiger partial charge in [-0.3, -0.25) is 4.57 Å². The fourth-order valence-electron chi connectivity index (χ4n) is 0.291. The van der Waals surface area contributed by atoms with E-state index in [1.807, 2.05) is 10.2 Å². The number of hydrogen-bond donors (Lipinski definition) is 2. The molecule has 0 aromatic heterocycles. The zero-order valence-corrected chi connectivity index (χ0v) is 10.2. The Morgan fingerprint density at radius 2 is 1.73 bits per heavy atom. The molecule has 0 radical (unpaired) electrons. The molecule has 0 rings (SSSR count). The maximum Gasteiger partial charge on any atom is 0.299 e. The third-order valence-corrected chi connectivity index (χ3v) is 2.54. The fourth-order valence-corrected chi connectivity index (χ4v) is 1.98. The molecule has 11 heavy (non-hydrogen) atoms. The van der Waals surface area contributed by atoms with Gasteiger partial charge in [0, 0.05) is 29.1 Å². The summed E-state index contributed by atoms with van der Waals surface area (Å²) in [5.41, 5.74) is 0. The molecule has 0 heterocycles. The predicted molar refractivity (Wildman–Crippen MR) is 57.1 cm³/mol. The summed E-state index contributed by atoms with van der Waals surface area (Å²) in [7, 11) is 0. The minimum absolute atomic E-state index is 0.115. The number of rotatable bonds is 6. The van der Waals surface area contributed by atoms with Gasteiger partial charge in [-0.2, -0.15) is 0 Å². The molecule has 7 heteroatoms. The van der Waals surface area contributed by atoms with Gasteiger partial charge in [0.25, 0.3) is 6.80 Å². The third-order valence-electron chi connectivity index (χ3n) is 0.579. The van der Waals surface area contributed by atoms with Crippen LogP contribution >= 0.6 is 49.9 Å². The van der Waals surface area contributed by atoms with Gasteiger partial charge in [-0.05, 0) is 11.2 Å². The zero-order valence-electron chi connectivity index (χ0n) is 9.40. The van der Waals surface area contributed by atoms with Crippen molar-refractivity contribution in [2.75, 3.05) is 23.7 Å². The Balaban J connectivity index is 4.51. The molecule has 0 aliphatic heterocycles. The van der Waals surface area contributed by atoms with Crippen LogP contribution in [0.1, 0.15) is 5.48 Å². The molecule has 3 nitrogen and oxygen atoms in total. The number of hydrogen-bond acceptors (Lipinski definition) is 1. The first-order valence-corrected chi connectivity index (χ1v) is 7.40. The van der Waals surface area contributed by atoms with E-state index >= 15 is 0 Å². The smallest absolute Gasteiger partial charge is 0.271 e. The Hall–Kier alpha value is 1.40. The van der Waals surface area contributed by atoms with Crippen LogP contribution in [0.4, 0.5) is 0 Å². The largest absolute Gasteiger partial charge is 0.299 e. The molecule has 2 N–H and O–H groups in total. The van der Waals surface area contributed by atoms with Crippen molar-refractivity contribution >= 4 is 49.9 Å². The molecule has 0 aromatic carbocycles. The Bertz CT molecular complexity index is 247. The number of alkyl halides is 2. The molecular weight excluding hydrogens is 318 g/mol. The van der Waals surface area contributed by atoms with Gasteiger partial charge in [0.15, 0.2) is 0 Å². The molecule has 0 fully saturated rings. The highest BCUT2D eigenvalue weighted by atomic mass is 79.9. The van der Waals surface area contributed by atoms with Crippen molar-refractivity contribution < 1.29 is 10.0 Å². The minimum Gasteiger partial charge on any atom is -0.271 e. The summed E-state index contributed by atoms with van der Waals surface area (Å²) in [6.45, 7) is -7.77. The van der Waals surface area contributed by atoms with Crippen LogP contribution in [0.25, 0.3) is 0 Å². The van der Waals surface area contributed by atoms with Gasteiger partial charge in [-0.15, -0.1) is 0 Å². The number of nitrogens with one attached hydrogen (secondary N) is 2. The van der Waals surface area contributed by atoms with E-state index in [-0.39, 0.29) is 10.7 Å². The lowest BCUT2D eigenvalue weighted by Crippen LogP contribution is -2.21. The maximum atomic E-state index is 11.6. The third kappa shape index (κ3) is 7.75. The molecule has 0 amide bonds. The van der Waals surface area contributed by atoms with Crippen LogP contribution in [-0.4, -0.2) is 23.7 Å². The summed E-state index contributed by atoms with van der Waals surface area (Å²) in [5.74, 6) is 0. The van der Waals surface area contributed by atoms with Gasteiger partial charge >= 0.3 is 0 Å². The van der Waals surface area contributed by atoms with Crippen molar-refractivity contribution in [3.63, 3.8) is 0 Å². The summed E-state index contributed by atoms with van der Waals surface area (Å²) in [4.78, 5) is 0. The van der Waals surface area contributed by atoms with E-state index < -0.39 is 19.8 Å². The fraction of sp³-hybridized carbons (Fsp3) is 1.00. The highest BCUT2D eigenvalue weighted by Gasteiger charge is 2.14. The SMILES string of the molecule is [2H]C([2H])(CBr)NP(=O)(Cl)NC([2H])([2H])CBr. The lowest BCUT2D eigenvalue weighted by molar-refractivity contribution is 0.568. The highest BCUT2D eigenvalue weighted by molar-refractivity contribution is 9.09. The first kappa shape index (κ1) is 6.80. The second-order valence-electron chi connectivity index (χ2n) is 1.38. The van der Waals surface area contributed by atoms with Crippen LogP contribution in [-0.2, 0) is 4.57 Å². The molecule has 0 saturated heterocycles. The first-order valence-electron chi connectivity index (χ1n) is 4.54. The second kappa shape index (κ2) is 6.87. The standard InChI is InChI=1S/C4H10Br2ClN2OP/c5-1-3-8-11(7,10)9-4-2-6/h1-4H2,(H2,8,9,10)/i3D2,4D2. The van der Waals surface area contributed by atoms with Gasteiger partial charge in [0.1, 0.15) is 0 Å². The van der Waals surface area contributed by atoms with E-state index in [1.54, 1.807) is 0 Å². The topological polar surface area (TPSA) is 41.1 Å². The van der Waals surface area contributed by atoms with Crippen molar-refractivity contribution in [2.45, 2.75) is 0 Å². The quantitative estimate of drug-likeness (QED) is 0.579. The van der Waals surface area contributed by atoms with Crippen molar-refractivity contribution in [3.8, 4) is 0 Å². The molecule has 0 unspecified atom stereocenters. The van der Waals surface area contributed by atoms with E-state index in [2.05, 4.69) is 31.9 Å².